The molecule has 0 spiro atoms. The molecule has 1 saturated heterocycles. The topological polar surface area (TPSA) is 46.6 Å². The molecule has 0 saturated carbocycles. The molecule has 5 nitrogen and oxygen atoms in total. The van der Waals surface area contributed by atoms with Crippen LogP contribution in [0, 0.1) is 0 Å². The number of anilines is 1. The van der Waals surface area contributed by atoms with Gasteiger partial charge in [0, 0.05) is 37.9 Å². The van der Waals surface area contributed by atoms with Crippen LogP contribution in [0.5, 0.6) is 11.5 Å². The molecule has 0 unspecified atom stereocenters. The molecule has 0 atom stereocenters. The summed E-state index contributed by atoms with van der Waals surface area (Å²) >= 11 is 0. The Morgan fingerprint density at radius 2 is 1.96 bits per heavy atom. The van der Waals surface area contributed by atoms with E-state index in [1.165, 1.54) is 0 Å². The van der Waals surface area contributed by atoms with E-state index in [9.17, 15) is 0 Å². The fraction of sp³-hybridized carbons (Fsp3) is 0.421. The first-order chi connectivity index (χ1) is 11.8. The van der Waals surface area contributed by atoms with Crippen molar-refractivity contribution >= 4 is 5.69 Å². The minimum atomic E-state index is 0.465. The van der Waals surface area contributed by atoms with Crippen molar-refractivity contribution in [3.8, 4) is 11.5 Å². The van der Waals surface area contributed by atoms with Crippen molar-refractivity contribution in [2.75, 3.05) is 32.6 Å². The van der Waals surface area contributed by atoms with Gasteiger partial charge in [0.2, 0.25) is 0 Å². The number of pyridine rings is 1. The average molecular weight is 327 g/mol. The standard InChI is InChI=1S/C19H25N3O2/c1-23-17-6-7-18(19(13-17)24-2)21-15-8-11-22(12-9-15)14-16-5-3-4-10-20-16/h3-7,10,13,15,21H,8-9,11-12,14H2,1-2H3. The van der Waals surface area contributed by atoms with E-state index < -0.39 is 0 Å². The molecule has 0 amide bonds. The number of rotatable bonds is 6. The second-order valence-corrected chi connectivity index (χ2v) is 6.08. The molecule has 0 radical (unpaired) electrons. The summed E-state index contributed by atoms with van der Waals surface area (Å²) in [4.78, 5) is 6.88. The van der Waals surface area contributed by atoms with Crippen molar-refractivity contribution < 1.29 is 9.47 Å². The Labute approximate surface area is 143 Å². The van der Waals surface area contributed by atoms with Crippen LogP contribution in [0.4, 0.5) is 5.69 Å². The number of piperidine rings is 1. The van der Waals surface area contributed by atoms with E-state index in [-0.39, 0.29) is 0 Å². The number of benzene rings is 1. The predicted molar refractivity (Wildman–Crippen MR) is 95.7 cm³/mol. The molecule has 128 valence electrons. The number of nitrogens with one attached hydrogen (secondary N) is 1. The minimum absolute atomic E-state index is 0.465. The monoisotopic (exact) mass is 327 g/mol. The number of hydrogen-bond acceptors (Lipinski definition) is 5. The average Bonchev–Trinajstić information content (AvgIpc) is 2.64. The number of nitrogens with zero attached hydrogens (tertiary/aromatic N) is 2. The Kier molecular flexibility index (Phi) is 5.54. The molecule has 3 rings (SSSR count). The number of hydrogen-bond donors (Lipinski definition) is 1. The highest BCUT2D eigenvalue weighted by Gasteiger charge is 2.20. The largest absolute Gasteiger partial charge is 0.497 e. The molecule has 1 aliphatic rings. The maximum absolute atomic E-state index is 5.47. The Morgan fingerprint density at radius 3 is 2.62 bits per heavy atom. The van der Waals surface area contributed by atoms with Crippen molar-refractivity contribution in [2.24, 2.45) is 0 Å². The lowest BCUT2D eigenvalue weighted by molar-refractivity contribution is 0.209. The van der Waals surface area contributed by atoms with E-state index in [1.54, 1.807) is 14.2 Å². The summed E-state index contributed by atoms with van der Waals surface area (Å²) in [6, 6.07) is 12.5. The zero-order valence-electron chi connectivity index (χ0n) is 14.4. The zero-order chi connectivity index (χ0) is 16.8. The van der Waals surface area contributed by atoms with Crippen LogP contribution in [0.2, 0.25) is 0 Å². The molecular formula is C19H25N3O2. The maximum atomic E-state index is 5.47. The zero-order valence-corrected chi connectivity index (χ0v) is 14.4. The number of aromatic nitrogens is 1. The van der Waals surface area contributed by atoms with Crippen LogP contribution in [0.3, 0.4) is 0 Å². The molecule has 5 heteroatoms. The first-order valence-electron chi connectivity index (χ1n) is 8.39. The molecule has 0 aliphatic carbocycles. The van der Waals surface area contributed by atoms with Crippen LogP contribution in [0.1, 0.15) is 18.5 Å². The highest BCUT2D eigenvalue weighted by Crippen LogP contribution is 2.30. The molecule has 0 bridgehead atoms. The van der Waals surface area contributed by atoms with E-state index in [0.29, 0.717) is 6.04 Å². The van der Waals surface area contributed by atoms with Gasteiger partial charge in [0.15, 0.2) is 0 Å². The van der Waals surface area contributed by atoms with Gasteiger partial charge in [0.25, 0.3) is 0 Å². The third-order valence-electron chi connectivity index (χ3n) is 4.47. The van der Waals surface area contributed by atoms with Crippen molar-refractivity contribution in [1.82, 2.24) is 9.88 Å². The van der Waals surface area contributed by atoms with Crippen molar-refractivity contribution in [1.29, 1.82) is 0 Å². The summed E-state index contributed by atoms with van der Waals surface area (Å²) in [6.07, 6.45) is 4.09. The van der Waals surface area contributed by atoms with Crippen LogP contribution >= 0.6 is 0 Å². The van der Waals surface area contributed by atoms with Gasteiger partial charge >= 0.3 is 0 Å². The van der Waals surface area contributed by atoms with Crippen LogP contribution in [0.25, 0.3) is 0 Å². The lowest BCUT2D eigenvalue weighted by Crippen LogP contribution is -2.38. The fourth-order valence-electron chi connectivity index (χ4n) is 3.09. The SMILES string of the molecule is COc1ccc(NC2CCN(Cc3ccccn3)CC2)c(OC)c1. The first kappa shape index (κ1) is 16.6. The summed E-state index contributed by atoms with van der Waals surface area (Å²) < 4.78 is 10.7. The van der Waals surface area contributed by atoms with E-state index in [2.05, 4.69) is 21.3 Å². The van der Waals surface area contributed by atoms with Gasteiger partial charge in [0.1, 0.15) is 11.5 Å². The molecule has 24 heavy (non-hydrogen) atoms. The van der Waals surface area contributed by atoms with E-state index in [4.69, 9.17) is 9.47 Å². The third kappa shape index (κ3) is 4.17. The van der Waals surface area contributed by atoms with E-state index in [1.807, 2.05) is 36.5 Å². The number of methoxy groups -OCH3 is 2. The van der Waals surface area contributed by atoms with Crippen molar-refractivity contribution in [3.05, 3.63) is 48.3 Å². The van der Waals surface area contributed by atoms with Crippen molar-refractivity contribution in [2.45, 2.75) is 25.4 Å². The highest BCUT2D eigenvalue weighted by atomic mass is 16.5. The van der Waals surface area contributed by atoms with Crippen LogP contribution < -0.4 is 14.8 Å². The van der Waals surface area contributed by atoms with Crippen LogP contribution in [0.15, 0.2) is 42.6 Å². The Balaban J connectivity index is 1.54. The van der Waals surface area contributed by atoms with Gasteiger partial charge in [-0.25, -0.2) is 0 Å². The lowest BCUT2D eigenvalue weighted by Gasteiger charge is -2.32. The maximum Gasteiger partial charge on any atom is 0.145 e. The first-order valence-corrected chi connectivity index (χ1v) is 8.39. The molecule has 1 aliphatic heterocycles. The fourth-order valence-corrected chi connectivity index (χ4v) is 3.09. The van der Waals surface area contributed by atoms with E-state index >= 15 is 0 Å². The number of likely N-dealkylation sites (tertiary alicyclic amines) is 1. The molecular weight excluding hydrogens is 302 g/mol. The molecule has 2 aromatic rings. The highest BCUT2D eigenvalue weighted by molar-refractivity contribution is 5.59. The van der Waals surface area contributed by atoms with Gasteiger partial charge in [-0.15, -0.1) is 0 Å². The van der Waals surface area contributed by atoms with Crippen LogP contribution in [-0.2, 0) is 6.54 Å². The minimum Gasteiger partial charge on any atom is -0.497 e. The van der Waals surface area contributed by atoms with Gasteiger partial charge in [0.05, 0.1) is 25.6 Å². The summed E-state index contributed by atoms with van der Waals surface area (Å²) in [5.41, 5.74) is 2.17. The molecule has 1 fully saturated rings. The number of ether oxygens (including phenoxy) is 2. The molecule has 1 aromatic heterocycles. The second-order valence-electron chi connectivity index (χ2n) is 6.08. The lowest BCUT2D eigenvalue weighted by atomic mass is 10.0. The van der Waals surface area contributed by atoms with Crippen LogP contribution in [-0.4, -0.2) is 43.2 Å². The third-order valence-corrected chi connectivity index (χ3v) is 4.47. The van der Waals surface area contributed by atoms with Gasteiger partial charge in [-0.3, -0.25) is 9.88 Å². The smallest absolute Gasteiger partial charge is 0.145 e. The quantitative estimate of drug-likeness (QED) is 0.883. The van der Waals surface area contributed by atoms with Crippen molar-refractivity contribution in [3.63, 3.8) is 0 Å². The van der Waals surface area contributed by atoms with E-state index in [0.717, 1.165) is 55.4 Å². The van der Waals surface area contributed by atoms with Gasteiger partial charge in [-0.1, -0.05) is 6.07 Å². The summed E-state index contributed by atoms with van der Waals surface area (Å²) in [6.45, 7) is 3.08. The van der Waals surface area contributed by atoms with Gasteiger partial charge < -0.3 is 14.8 Å². The summed E-state index contributed by atoms with van der Waals surface area (Å²) in [5, 5.41) is 3.61. The Hall–Kier alpha value is -2.27. The summed E-state index contributed by atoms with van der Waals surface area (Å²) in [7, 11) is 3.36. The molecule has 1 N–H and O–H groups in total. The molecule has 1 aromatic carbocycles. The Bertz CT molecular complexity index is 640. The summed E-state index contributed by atoms with van der Waals surface area (Å²) in [5.74, 6) is 1.63. The second kappa shape index (κ2) is 8.02. The predicted octanol–water partition coefficient (Wildman–Crippen LogP) is 3.18. The van der Waals surface area contributed by atoms with Gasteiger partial charge in [-0.2, -0.15) is 0 Å². The normalized spacial score (nSPS) is 15.9. The Morgan fingerprint density at radius 1 is 1.12 bits per heavy atom. The van der Waals surface area contributed by atoms with Gasteiger partial charge in [-0.05, 0) is 37.1 Å². The molecule has 2 heterocycles.